The number of carbonyl (C=O) groups excluding carboxylic acids is 1. The lowest BCUT2D eigenvalue weighted by Crippen LogP contribution is -2.07. The zero-order valence-corrected chi connectivity index (χ0v) is 16.5. The molecule has 0 aliphatic heterocycles. The average molecular weight is 427 g/mol. The molecule has 0 saturated carbocycles. The van der Waals surface area contributed by atoms with E-state index in [4.69, 9.17) is 15.0 Å². The Morgan fingerprint density at radius 1 is 1.23 bits per heavy atom. The number of methoxy groups -OCH3 is 1. The number of benzene rings is 2. The fourth-order valence-corrected chi connectivity index (χ4v) is 2.31. The molecule has 0 radical (unpaired) electrons. The Morgan fingerprint density at radius 2 is 2.00 bits per heavy atom. The molecule has 0 saturated heterocycles. The molecule has 0 aliphatic rings. The fourth-order valence-electron chi connectivity index (χ4n) is 2.31. The zero-order chi connectivity index (χ0) is 25.6. The molecule has 3 aromatic rings. The van der Waals surface area contributed by atoms with E-state index in [1.807, 2.05) is 0 Å². The SMILES string of the molecule is [2H]c1nc(Nc2ccc(OC([2H])([2H])COC)cc2)nc(Nc2cccc(NC(=O)C=C)c2[2H])c1F. The Kier molecular flexibility index (Phi) is 5.79. The van der Waals surface area contributed by atoms with Gasteiger partial charge in [0.15, 0.2) is 11.6 Å². The Hall–Kier alpha value is -3.98. The van der Waals surface area contributed by atoms with Gasteiger partial charge in [0.25, 0.3) is 0 Å². The minimum absolute atomic E-state index is 0.0927. The quantitative estimate of drug-likeness (QED) is 0.416. The number of nitrogens with zero attached hydrogens (tertiary/aromatic N) is 2. The van der Waals surface area contributed by atoms with Crippen LogP contribution in [-0.2, 0) is 9.53 Å². The molecule has 3 N–H and O–H groups in total. The summed E-state index contributed by atoms with van der Waals surface area (Å²) in [4.78, 5) is 19.4. The number of ether oxygens (including phenoxy) is 2. The molecule has 1 aromatic heterocycles. The van der Waals surface area contributed by atoms with Crippen molar-refractivity contribution in [2.75, 3.05) is 36.2 Å². The number of anilines is 5. The summed E-state index contributed by atoms with van der Waals surface area (Å²) in [5.74, 6) is -1.71. The van der Waals surface area contributed by atoms with E-state index in [2.05, 4.69) is 32.5 Å². The zero-order valence-electron chi connectivity index (χ0n) is 20.5. The second-order valence-electron chi connectivity index (χ2n) is 5.95. The van der Waals surface area contributed by atoms with E-state index in [1.165, 1.54) is 31.4 Å². The number of halogens is 1. The van der Waals surface area contributed by atoms with Crippen molar-refractivity contribution < 1.29 is 24.1 Å². The van der Waals surface area contributed by atoms with Crippen LogP contribution < -0.4 is 20.7 Å². The van der Waals surface area contributed by atoms with Gasteiger partial charge >= 0.3 is 0 Å². The van der Waals surface area contributed by atoms with Crippen LogP contribution in [0.4, 0.5) is 33.2 Å². The summed E-state index contributed by atoms with van der Waals surface area (Å²) in [7, 11) is 1.36. The molecular weight excluding hydrogens is 401 g/mol. The highest BCUT2D eigenvalue weighted by atomic mass is 19.1. The van der Waals surface area contributed by atoms with Gasteiger partial charge in [0.2, 0.25) is 11.9 Å². The van der Waals surface area contributed by atoms with Gasteiger partial charge in [-0.05, 0) is 48.5 Å². The van der Waals surface area contributed by atoms with E-state index in [-0.39, 0.29) is 41.5 Å². The normalized spacial score (nSPS) is 12.6. The van der Waals surface area contributed by atoms with Crippen molar-refractivity contribution in [2.45, 2.75) is 0 Å². The van der Waals surface area contributed by atoms with Crippen LogP contribution in [0.2, 0.25) is 0 Å². The van der Waals surface area contributed by atoms with Gasteiger partial charge in [0, 0.05) is 24.2 Å². The highest BCUT2D eigenvalue weighted by molar-refractivity contribution is 5.99. The van der Waals surface area contributed by atoms with E-state index in [0.29, 0.717) is 5.69 Å². The molecule has 0 aliphatic carbocycles. The number of hydrogen-bond acceptors (Lipinski definition) is 7. The van der Waals surface area contributed by atoms with Gasteiger partial charge in [-0.2, -0.15) is 4.98 Å². The number of aromatic nitrogens is 2. The number of hydrogen-bond donors (Lipinski definition) is 3. The standard InChI is InChI=1S/C22H22FN5O3/c1-3-20(29)25-16-5-4-6-17(13-16)26-21-19(23)14-24-22(28-21)27-15-7-9-18(10-8-15)31-12-11-30-2/h3-10,13-14H,1,11-12H2,2H3,(H,25,29)(H2,24,26,27,28)/i12D2,13D,14D. The largest absolute Gasteiger partial charge is 0.491 e. The molecule has 160 valence electrons. The summed E-state index contributed by atoms with van der Waals surface area (Å²) in [6.07, 6.45) is 0.378. The summed E-state index contributed by atoms with van der Waals surface area (Å²) in [6.45, 7) is 1.10. The highest BCUT2D eigenvalue weighted by Gasteiger charge is 2.09. The molecule has 8 nitrogen and oxygen atoms in total. The van der Waals surface area contributed by atoms with Crippen molar-refractivity contribution in [3.63, 3.8) is 0 Å². The number of carbonyl (C=O) groups is 1. The number of nitrogens with one attached hydrogen (secondary N) is 3. The maximum absolute atomic E-state index is 14.6. The summed E-state index contributed by atoms with van der Waals surface area (Å²) >= 11 is 0. The first-order chi connectivity index (χ1) is 16.6. The van der Waals surface area contributed by atoms with Crippen molar-refractivity contribution in [3.8, 4) is 5.75 Å². The lowest BCUT2D eigenvalue weighted by atomic mass is 10.2. The van der Waals surface area contributed by atoms with Gasteiger partial charge < -0.3 is 25.4 Å². The smallest absolute Gasteiger partial charge is 0.247 e. The molecule has 0 unspecified atom stereocenters. The van der Waals surface area contributed by atoms with Crippen LogP contribution in [0.5, 0.6) is 5.75 Å². The third-order valence-electron chi connectivity index (χ3n) is 3.68. The van der Waals surface area contributed by atoms with E-state index in [1.54, 1.807) is 18.2 Å². The Labute approximate surface area is 184 Å². The molecule has 1 heterocycles. The lowest BCUT2D eigenvalue weighted by Gasteiger charge is -2.11. The van der Waals surface area contributed by atoms with Crippen molar-refractivity contribution >= 4 is 34.7 Å². The molecule has 0 spiro atoms. The van der Waals surface area contributed by atoms with Crippen molar-refractivity contribution in [3.05, 3.63) is 73.2 Å². The maximum atomic E-state index is 14.6. The van der Waals surface area contributed by atoms with Gasteiger partial charge in [-0.1, -0.05) is 12.6 Å². The first-order valence-electron chi connectivity index (χ1n) is 11.0. The minimum Gasteiger partial charge on any atom is -0.491 e. The van der Waals surface area contributed by atoms with Gasteiger partial charge in [-0.15, -0.1) is 0 Å². The Bertz CT molecular complexity index is 1230. The second kappa shape index (κ2) is 10.7. The monoisotopic (exact) mass is 427 g/mol. The van der Waals surface area contributed by atoms with Crippen LogP contribution in [0, 0.1) is 5.82 Å². The van der Waals surface area contributed by atoms with Gasteiger partial charge in [0.05, 0.1) is 18.3 Å². The Balaban J connectivity index is 1.80. The van der Waals surface area contributed by atoms with Crippen LogP contribution in [0.15, 0.2) is 67.3 Å². The topological polar surface area (TPSA) is 97.4 Å². The molecule has 2 aromatic carbocycles. The van der Waals surface area contributed by atoms with E-state index in [0.717, 1.165) is 6.08 Å². The minimum atomic E-state index is -2.01. The van der Waals surface area contributed by atoms with Crippen LogP contribution >= 0.6 is 0 Å². The first kappa shape index (κ1) is 16.8. The lowest BCUT2D eigenvalue weighted by molar-refractivity contribution is -0.111. The first-order valence-corrected chi connectivity index (χ1v) is 9.01. The molecule has 0 fully saturated rings. The Morgan fingerprint density at radius 3 is 2.74 bits per heavy atom. The van der Waals surface area contributed by atoms with Crippen LogP contribution in [0.1, 0.15) is 5.48 Å². The highest BCUT2D eigenvalue weighted by Crippen LogP contribution is 2.23. The summed E-state index contributed by atoms with van der Waals surface area (Å²) in [5.41, 5.74) is 0.787. The summed E-state index contributed by atoms with van der Waals surface area (Å²) < 4.78 is 56.1. The van der Waals surface area contributed by atoms with Gasteiger partial charge in [0.1, 0.15) is 12.3 Å². The molecule has 31 heavy (non-hydrogen) atoms. The molecule has 0 bridgehead atoms. The molecular formula is C22H22FN5O3. The van der Waals surface area contributed by atoms with E-state index >= 15 is 0 Å². The predicted molar refractivity (Wildman–Crippen MR) is 118 cm³/mol. The molecule has 0 atom stereocenters. The van der Waals surface area contributed by atoms with Crippen molar-refractivity contribution in [1.29, 1.82) is 0 Å². The van der Waals surface area contributed by atoms with E-state index < -0.39 is 24.5 Å². The van der Waals surface area contributed by atoms with Crippen molar-refractivity contribution in [2.24, 2.45) is 0 Å². The third kappa shape index (κ3) is 6.51. The molecule has 3 rings (SSSR count). The molecule has 9 heteroatoms. The molecule has 1 amide bonds. The van der Waals surface area contributed by atoms with E-state index in [9.17, 15) is 9.18 Å². The van der Waals surface area contributed by atoms with Gasteiger partial charge in [-0.3, -0.25) is 4.79 Å². The average Bonchev–Trinajstić information content (AvgIpc) is 2.80. The summed E-state index contributed by atoms with van der Waals surface area (Å²) in [6, 6.07) is 10.6. The van der Waals surface area contributed by atoms with Crippen molar-refractivity contribution in [1.82, 2.24) is 9.97 Å². The number of amides is 1. The predicted octanol–water partition coefficient (Wildman–Crippen LogP) is 4.25. The van der Waals surface area contributed by atoms with Gasteiger partial charge in [-0.25, -0.2) is 9.37 Å². The van der Waals surface area contributed by atoms with Crippen LogP contribution in [-0.4, -0.2) is 36.2 Å². The fraction of sp³-hybridized carbons (Fsp3) is 0.136. The summed E-state index contributed by atoms with van der Waals surface area (Å²) in [5, 5.41) is 7.98. The maximum Gasteiger partial charge on any atom is 0.247 e. The second-order valence-corrected chi connectivity index (χ2v) is 5.95. The number of rotatable bonds is 10. The van der Waals surface area contributed by atoms with Crippen LogP contribution in [0.25, 0.3) is 0 Å². The third-order valence-corrected chi connectivity index (χ3v) is 3.68. The van der Waals surface area contributed by atoms with Crippen LogP contribution in [0.3, 0.4) is 0 Å².